The summed E-state index contributed by atoms with van der Waals surface area (Å²) in [5.41, 5.74) is 0.737. The molecule has 1 aromatic heterocycles. The minimum atomic E-state index is -3.73. The van der Waals surface area contributed by atoms with E-state index >= 15 is 0 Å². The van der Waals surface area contributed by atoms with E-state index in [9.17, 15) is 12.8 Å². The molecule has 20 heavy (non-hydrogen) atoms. The van der Waals surface area contributed by atoms with Gasteiger partial charge in [0.15, 0.2) is 0 Å². The molecule has 1 N–H and O–H groups in total. The van der Waals surface area contributed by atoms with Gasteiger partial charge in [0.1, 0.15) is 18.0 Å². The largest absolute Gasteiger partial charge is 0.320 e. The highest BCUT2D eigenvalue weighted by molar-refractivity contribution is 7.89. The third kappa shape index (κ3) is 2.86. The number of hydrogen-bond donors (Lipinski definition) is 1. The molecular formula is C12H15FN4O2S. The lowest BCUT2D eigenvalue weighted by Crippen LogP contribution is -2.26. The Morgan fingerprint density at radius 2 is 1.90 bits per heavy atom. The van der Waals surface area contributed by atoms with Crippen LogP contribution >= 0.6 is 0 Å². The standard InChI is InChI=1S/C12H15FN4O2S/c1-8-4-10(13)5-9(2)12(8)20(18,19)15-6-11-16-14-7-17(11)3/h4-5,7,15H,6H2,1-3H3. The molecule has 0 aliphatic rings. The summed E-state index contributed by atoms with van der Waals surface area (Å²) in [7, 11) is -2.01. The van der Waals surface area contributed by atoms with Crippen molar-refractivity contribution in [2.75, 3.05) is 0 Å². The minimum absolute atomic E-state index is 0.0229. The molecule has 1 aromatic carbocycles. The van der Waals surface area contributed by atoms with Gasteiger partial charge in [-0.3, -0.25) is 0 Å². The summed E-state index contributed by atoms with van der Waals surface area (Å²) in [6.45, 7) is 3.15. The summed E-state index contributed by atoms with van der Waals surface area (Å²) in [6, 6.07) is 2.40. The van der Waals surface area contributed by atoms with Crippen LogP contribution in [0.2, 0.25) is 0 Å². The van der Waals surface area contributed by atoms with Crippen LogP contribution in [-0.4, -0.2) is 23.2 Å². The zero-order valence-corrected chi connectivity index (χ0v) is 12.2. The number of benzene rings is 1. The average Bonchev–Trinajstić information content (AvgIpc) is 2.70. The summed E-state index contributed by atoms with van der Waals surface area (Å²) in [6.07, 6.45) is 1.48. The lowest BCUT2D eigenvalue weighted by molar-refractivity contribution is 0.574. The van der Waals surface area contributed by atoms with Crippen molar-refractivity contribution in [2.45, 2.75) is 25.3 Å². The van der Waals surface area contributed by atoms with Crippen molar-refractivity contribution in [1.82, 2.24) is 19.5 Å². The number of aryl methyl sites for hydroxylation is 3. The first-order valence-corrected chi connectivity index (χ1v) is 7.39. The molecule has 0 saturated heterocycles. The van der Waals surface area contributed by atoms with Crippen molar-refractivity contribution in [1.29, 1.82) is 0 Å². The molecule has 0 spiro atoms. The lowest BCUT2D eigenvalue weighted by Gasteiger charge is -2.12. The van der Waals surface area contributed by atoms with Crippen LogP contribution in [0.5, 0.6) is 0 Å². The topological polar surface area (TPSA) is 76.9 Å². The Hall–Kier alpha value is -1.80. The van der Waals surface area contributed by atoms with Crippen molar-refractivity contribution in [3.05, 3.63) is 41.2 Å². The molecule has 2 rings (SSSR count). The average molecular weight is 298 g/mol. The van der Waals surface area contributed by atoms with Gasteiger partial charge < -0.3 is 4.57 Å². The van der Waals surface area contributed by atoms with Crippen molar-refractivity contribution >= 4 is 10.0 Å². The van der Waals surface area contributed by atoms with Gasteiger partial charge in [-0.15, -0.1) is 10.2 Å². The summed E-state index contributed by atoms with van der Waals surface area (Å²) in [5.74, 6) is 0.0400. The second-order valence-electron chi connectivity index (χ2n) is 4.55. The first-order chi connectivity index (χ1) is 9.31. The molecule has 0 saturated carbocycles. The van der Waals surface area contributed by atoms with E-state index in [1.165, 1.54) is 18.5 Å². The second-order valence-corrected chi connectivity index (χ2v) is 6.26. The molecule has 108 valence electrons. The highest BCUT2D eigenvalue weighted by Crippen LogP contribution is 2.21. The maximum atomic E-state index is 13.2. The molecule has 0 bridgehead atoms. The molecule has 0 unspecified atom stereocenters. The quantitative estimate of drug-likeness (QED) is 0.915. The molecule has 1 heterocycles. The number of sulfonamides is 1. The molecule has 0 atom stereocenters. The van der Waals surface area contributed by atoms with Gasteiger partial charge in [-0.2, -0.15) is 0 Å². The highest BCUT2D eigenvalue weighted by atomic mass is 32.2. The summed E-state index contributed by atoms with van der Waals surface area (Å²) >= 11 is 0. The monoisotopic (exact) mass is 298 g/mol. The second kappa shape index (κ2) is 5.29. The fraction of sp³-hybridized carbons (Fsp3) is 0.333. The molecule has 2 aromatic rings. The Morgan fingerprint density at radius 3 is 2.40 bits per heavy atom. The van der Waals surface area contributed by atoms with Gasteiger partial charge in [0, 0.05) is 7.05 Å². The molecule has 0 aliphatic heterocycles. The van der Waals surface area contributed by atoms with E-state index in [0.29, 0.717) is 17.0 Å². The lowest BCUT2D eigenvalue weighted by atomic mass is 10.1. The van der Waals surface area contributed by atoms with Crippen LogP contribution in [0.25, 0.3) is 0 Å². The number of nitrogens with zero attached hydrogens (tertiary/aromatic N) is 3. The third-order valence-corrected chi connectivity index (χ3v) is 4.63. The minimum Gasteiger partial charge on any atom is -0.320 e. The van der Waals surface area contributed by atoms with E-state index in [0.717, 1.165) is 0 Å². The van der Waals surface area contributed by atoms with Crippen molar-refractivity contribution < 1.29 is 12.8 Å². The van der Waals surface area contributed by atoms with E-state index in [1.54, 1.807) is 25.5 Å². The van der Waals surface area contributed by atoms with Crippen molar-refractivity contribution in [3.8, 4) is 0 Å². The Bertz CT molecular complexity index is 717. The SMILES string of the molecule is Cc1cc(F)cc(C)c1S(=O)(=O)NCc1nncn1C. The molecule has 0 amide bonds. The van der Waals surface area contributed by atoms with Gasteiger partial charge in [0.25, 0.3) is 0 Å². The maximum Gasteiger partial charge on any atom is 0.241 e. The normalized spacial score (nSPS) is 11.8. The van der Waals surface area contributed by atoms with Crippen molar-refractivity contribution in [3.63, 3.8) is 0 Å². The molecule has 0 radical (unpaired) electrons. The van der Waals surface area contributed by atoms with Gasteiger partial charge in [-0.1, -0.05) is 0 Å². The predicted molar refractivity (Wildman–Crippen MR) is 70.9 cm³/mol. The van der Waals surface area contributed by atoms with Gasteiger partial charge in [0.2, 0.25) is 10.0 Å². The fourth-order valence-corrected chi connectivity index (χ4v) is 3.45. The molecule has 8 heteroatoms. The first kappa shape index (κ1) is 14.6. The predicted octanol–water partition coefficient (Wildman–Crippen LogP) is 1.05. The van der Waals surface area contributed by atoms with Gasteiger partial charge in [0.05, 0.1) is 11.4 Å². The van der Waals surface area contributed by atoms with E-state index < -0.39 is 15.8 Å². The maximum absolute atomic E-state index is 13.2. The van der Waals surface area contributed by atoms with E-state index in [4.69, 9.17) is 0 Å². The van der Waals surface area contributed by atoms with E-state index in [2.05, 4.69) is 14.9 Å². The van der Waals surface area contributed by atoms with Crippen LogP contribution in [-0.2, 0) is 23.6 Å². The smallest absolute Gasteiger partial charge is 0.241 e. The van der Waals surface area contributed by atoms with Crippen molar-refractivity contribution in [2.24, 2.45) is 7.05 Å². The van der Waals surface area contributed by atoms with Crippen LogP contribution in [0.1, 0.15) is 17.0 Å². The molecule has 0 fully saturated rings. The van der Waals surface area contributed by atoms with Gasteiger partial charge >= 0.3 is 0 Å². The number of rotatable bonds is 4. The Balaban J connectivity index is 2.30. The highest BCUT2D eigenvalue weighted by Gasteiger charge is 2.20. The Kier molecular flexibility index (Phi) is 3.87. The zero-order valence-electron chi connectivity index (χ0n) is 11.4. The van der Waals surface area contributed by atoms with Gasteiger partial charge in [-0.25, -0.2) is 17.5 Å². The van der Waals surface area contributed by atoms with Crippen LogP contribution in [0.3, 0.4) is 0 Å². The zero-order chi connectivity index (χ0) is 14.9. The summed E-state index contributed by atoms with van der Waals surface area (Å²) in [4.78, 5) is 0.0982. The first-order valence-electron chi connectivity index (χ1n) is 5.90. The summed E-state index contributed by atoms with van der Waals surface area (Å²) in [5, 5.41) is 7.47. The van der Waals surface area contributed by atoms with Crippen LogP contribution in [0.15, 0.2) is 23.4 Å². The number of halogens is 1. The number of hydrogen-bond acceptors (Lipinski definition) is 4. The molecule has 6 nitrogen and oxygen atoms in total. The Labute approximate surface area is 116 Å². The third-order valence-electron chi connectivity index (χ3n) is 2.92. The number of nitrogens with one attached hydrogen (secondary N) is 1. The number of aromatic nitrogens is 3. The van der Waals surface area contributed by atoms with Crippen LogP contribution in [0.4, 0.5) is 4.39 Å². The Morgan fingerprint density at radius 1 is 1.30 bits per heavy atom. The van der Waals surface area contributed by atoms with Crippen LogP contribution in [0, 0.1) is 19.7 Å². The van der Waals surface area contributed by atoms with Crippen LogP contribution < -0.4 is 4.72 Å². The van der Waals surface area contributed by atoms with E-state index in [1.807, 2.05) is 0 Å². The molecule has 0 aliphatic carbocycles. The molecular weight excluding hydrogens is 283 g/mol. The summed E-state index contributed by atoms with van der Waals surface area (Å²) < 4.78 is 41.9. The van der Waals surface area contributed by atoms with Gasteiger partial charge in [-0.05, 0) is 37.1 Å². The fourth-order valence-electron chi connectivity index (χ4n) is 2.02. The van der Waals surface area contributed by atoms with E-state index in [-0.39, 0.29) is 11.4 Å².